The van der Waals surface area contributed by atoms with Gasteiger partial charge in [0.15, 0.2) is 4.91 Å². The fourth-order valence-corrected chi connectivity index (χ4v) is 5.65. The molecule has 0 saturated carbocycles. The van der Waals surface area contributed by atoms with E-state index in [-0.39, 0.29) is 11.4 Å². The molecular formula is C22H20N2O4S2. The molecule has 0 radical (unpaired) electrons. The Balaban J connectivity index is 1.67. The molecule has 0 atom stereocenters. The Morgan fingerprint density at radius 3 is 2.50 bits per heavy atom. The van der Waals surface area contributed by atoms with Gasteiger partial charge in [-0.25, -0.2) is 8.42 Å². The Kier molecular flexibility index (Phi) is 5.61. The predicted octanol–water partition coefficient (Wildman–Crippen LogP) is 4.63. The van der Waals surface area contributed by atoms with Gasteiger partial charge in [0.25, 0.3) is 10.0 Å². The number of hydrogen-bond donors (Lipinski definition) is 1. The number of fused-ring (bicyclic) bond motifs is 1. The van der Waals surface area contributed by atoms with Gasteiger partial charge in [0.2, 0.25) is 5.78 Å². The summed E-state index contributed by atoms with van der Waals surface area (Å²) in [6.07, 6.45) is 1.27. The number of benzene rings is 2. The van der Waals surface area contributed by atoms with E-state index in [2.05, 4.69) is 5.32 Å². The number of ketones is 1. The third-order valence-electron chi connectivity index (χ3n) is 4.62. The molecule has 1 aromatic heterocycles. The minimum absolute atomic E-state index is 0.153. The van der Waals surface area contributed by atoms with Crippen LogP contribution in [0.5, 0.6) is 5.75 Å². The molecule has 4 rings (SSSR count). The van der Waals surface area contributed by atoms with Crippen molar-refractivity contribution >= 4 is 38.5 Å². The van der Waals surface area contributed by atoms with Gasteiger partial charge >= 0.3 is 0 Å². The van der Waals surface area contributed by atoms with E-state index in [4.69, 9.17) is 4.74 Å². The number of Topliss-reactive ketones (excluding diaryl/α,β-unsaturated/α-hetero) is 1. The lowest BCUT2D eigenvalue weighted by Gasteiger charge is -2.29. The lowest BCUT2D eigenvalue weighted by atomic mass is 10.2. The largest absolute Gasteiger partial charge is 0.494 e. The molecule has 1 aliphatic rings. The number of anilines is 2. The molecule has 0 unspecified atom stereocenters. The van der Waals surface area contributed by atoms with Crippen LogP contribution in [0.1, 0.15) is 22.2 Å². The van der Waals surface area contributed by atoms with E-state index in [1.807, 2.05) is 37.3 Å². The van der Waals surface area contributed by atoms with Gasteiger partial charge in [-0.1, -0.05) is 30.3 Å². The lowest BCUT2D eigenvalue weighted by molar-refractivity contribution is 0.104. The number of thiophene rings is 1. The van der Waals surface area contributed by atoms with E-state index in [1.54, 1.807) is 35.7 Å². The van der Waals surface area contributed by atoms with Gasteiger partial charge in [-0.15, -0.1) is 11.3 Å². The minimum Gasteiger partial charge on any atom is -0.494 e. The molecule has 2 aromatic carbocycles. The summed E-state index contributed by atoms with van der Waals surface area (Å²) < 4.78 is 33.4. The zero-order chi connectivity index (χ0) is 21.1. The Bertz CT molecular complexity index is 1180. The fraction of sp³-hybridized carbons (Fsp3) is 0.136. The first-order chi connectivity index (χ1) is 14.5. The van der Waals surface area contributed by atoms with Crippen LogP contribution < -0.4 is 14.4 Å². The number of rotatable bonds is 6. The quantitative estimate of drug-likeness (QED) is 0.566. The average molecular weight is 441 g/mol. The van der Waals surface area contributed by atoms with Crippen molar-refractivity contribution in [3.63, 3.8) is 0 Å². The van der Waals surface area contributed by atoms with Crippen molar-refractivity contribution in [1.82, 2.24) is 0 Å². The molecular weight excluding hydrogens is 420 g/mol. The summed E-state index contributed by atoms with van der Waals surface area (Å²) in [5.41, 5.74) is 1.92. The average Bonchev–Trinajstić information content (AvgIpc) is 3.23. The van der Waals surface area contributed by atoms with Crippen molar-refractivity contribution < 1.29 is 17.9 Å². The first-order valence-electron chi connectivity index (χ1n) is 9.39. The normalized spacial score (nSPS) is 16.4. The van der Waals surface area contributed by atoms with E-state index in [0.717, 1.165) is 5.56 Å². The highest BCUT2D eigenvalue weighted by Gasteiger charge is 2.41. The van der Waals surface area contributed by atoms with Crippen LogP contribution in [-0.4, -0.2) is 20.8 Å². The van der Waals surface area contributed by atoms with E-state index < -0.39 is 15.8 Å². The van der Waals surface area contributed by atoms with Gasteiger partial charge in [0.1, 0.15) is 10.6 Å². The molecule has 1 N–H and O–H groups in total. The number of sulfonamides is 1. The molecule has 1 aliphatic heterocycles. The van der Waals surface area contributed by atoms with Crippen LogP contribution in [0.3, 0.4) is 0 Å². The van der Waals surface area contributed by atoms with Crippen molar-refractivity contribution in [2.24, 2.45) is 0 Å². The standard InChI is InChI=1S/C22H20N2O4S2/c1-2-28-18-10-8-17(9-11-18)23-14-20-21(25)22-19(12-13-29-22)24(30(20,26)27)15-16-6-4-3-5-7-16/h3-14,23H,2,15H2,1H3. The monoisotopic (exact) mass is 440 g/mol. The molecule has 0 fully saturated rings. The van der Waals surface area contributed by atoms with Gasteiger partial charge in [-0.2, -0.15) is 0 Å². The topological polar surface area (TPSA) is 75.7 Å². The van der Waals surface area contributed by atoms with Crippen LogP contribution in [0.4, 0.5) is 11.4 Å². The van der Waals surface area contributed by atoms with E-state index >= 15 is 0 Å². The molecule has 0 bridgehead atoms. The van der Waals surface area contributed by atoms with Crippen molar-refractivity contribution in [1.29, 1.82) is 0 Å². The molecule has 0 saturated heterocycles. The molecule has 0 spiro atoms. The summed E-state index contributed by atoms with van der Waals surface area (Å²) in [7, 11) is -4.02. The molecule has 8 heteroatoms. The van der Waals surface area contributed by atoms with Crippen LogP contribution in [0.25, 0.3) is 0 Å². The highest BCUT2D eigenvalue weighted by molar-refractivity contribution is 7.97. The Morgan fingerprint density at radius 2 is 1.80 bits per heavy atom. The number of carbonyl (C=O) groups excluding carboxylic acids is 1. The zero-order valence-electron chi connectivity index (χ0n) is 16.2. The predicted molar refractivity (Wildman–Crippen MR) is 120 cm³/mol. The van der Waals surface area contributed by atoms with Crippen LogP contribution in [0, 0.1) is 0 Å². The number of allylic oxidation sites excluding steroid dienone is 1. The van der Waals surface area contributed by atoms with Crippen molar-refractivity contribution in [2.45, 2.75) is 13.5 Å². The van der Waals surface area contributed by atoms with Crippen LogP contribution in [-0.2, 0) is 16.6 Å². The van der Waals surface area contributed by atoms with Gasteiger partial charge < -0.3 is 10.1 Å². The molecule has 30 heavy (non-hydrogen) atoms. The van der Waals surface area contributed by atoms with Gasteiger partial charge in [0.05, 0.1) is 18.8 Å². The first-order valence-corrected chi connectivity index (χ1v) is 11.7. The lowest BCUT2D eigenvalue weighted by Crippen LogP contribution is -2.38. The van der Waals surface area contributed by atoms with Gasteiger partial charge in [-0.05, 0) is 48.2 Å². The third-order valence-corrected chi connectivity index (χ3v) is 7.28. The van der Waals surface area contributed by atoms with Crippen molar-refractivity contribution in [3.8, 4) is 5.75 Å². The van der Waals surface area contributed by atoms with E-state index in [9.17, 15) is 13.2 Å². The molecule has 2 heterocycles. The Labute approximate surface area is 179 Å². The molecule has 0 aliphatic carbocycles. The van der Waals surface area contributed by atoms with E-state index in [0.29, 0.717) is 28.6 Å². The fourth-order valence-electron chi connectivity index (χ4n) is 3.17. The summed E-state index contributed by atoms with van der Waals surface area (Å²) in [6, 6.07) is 18.1. The summed E-state index contributed by atoms with van der Waals surface area (Å²) in [5, 5.41) is 4.67. The number of nitrogens with zero attached hydrogens (tertiary/aromatic N) is 1. The van der Waals surface area contributed by atoms with Crippen LogP contribution in [0.15, 0.2) is 77.1 Å². The summed E-state index contributed by atoms with van der Waals surface area (Å²) >= 11 is 1.24. The highest BCUT2D eigenvalue weighted by Crippen LogP contribution is 2.39. The number of hydrogen-bond acceptors (Lipinski definition) is 6. The second kappa shape index (κ2) is 8.33. The summed E-state index contributed by atoms with van der Waals surface area (Å²) in [4.78, 5) is 13.1. The maximum Gasteiger partial charge on any atom is 0.270 e. The Hall–Kier alpha value is -3.10. The minimum atomic E-state index is -4.02. The summed E-state index contributed by atoms with van der Waals surface area (Å²) in [6.45, 7) is 2.61. The number of carbonyl (C=O) groups is 1. The maximum atomic E-state index is 13.3. The molecule has 154 valence electrons. The molecule has 0 amide bonds. The van der Waals surface area contributed by atoms with Gasteiger partial charge in [-0.3, -0.25) is 9.10 Å². The zero-order valence-corrected chi connectivity index (χ0v) is 17.9. The third kappa shape index (κ3) is 3.83. The summed E-state index contributed by atoms with van der Waals surface area (Å²) in [5.74, 6) is 0.220. The van der Waals surface area contributed by atoms with Crippen LogP contribution in [0.2, 0.25) is 0 Å². The maximum absolute atomic E-state index is 13.3. The number of nitrogens with one attached hydrogen (secondary N) is 1. The smallest absolute Gasteiger partial charge is 0.270 e. The van der Waals surface area contributed by atoms with Gasteiger partial charge in [0, 0.05) is 11.9 Å². The second-order valence-electron chi connectivity index (χ2n) is 6.57. The van der Waals surface area contributed by atoms with Crippen molar-refractivity contribution in [2.75, 3.05) is 16.2 Å². The van der Waals surface area contributed by atoms with Crippen molar-refractivity contribution in [3.05, 3.63) is 87.6 Å². The van der Waals surface area contributed by atoms with Crippen LogP contribution >= 0.6 is 11.3 Å². The molecule has 3 aromatic rings. The molecule has 6 nitrogen and oxygen atoms in total. The van der Waals surface area contributed by atoms with E-state index in [1.165, 1.54) is 21.8 Å². The second-order valence-corrected chi connectivity index (χ2v) is 9.32. The highest BCUT2D eigenvalue weighted by atomic mass is 32.2. The SMILES string of the molecule is CCOc1ccc(NC=C2C(=O)c3sccc3N(Cc3ccccc3)S2(=O)=O)cc1. The number of ether oxygens (including phenoxy) is 1. The first kappa shape index (κ1) is 20.2. The Morgan fingerprint density at radius 1 is 1.07 bits per heavy atom.